The molecule has 0 aliphatic heterocycles. The highest BCUT2D eigenvalue weighted by molar-refractivity contribution is 5.92. The Labute approximate surface area is 141 Å². The Balaban J connectivity index is 1.46. The molecule has 4 aromatic rings. The van der Waals surface area contributed by atoms with Crippen LogP contribution in [0.3, 0.4) is 0 Å². The van der Waals surface area contributed by atoms with Crippen LogP contribution in [0.1, 0.15) is 16.1 Å². The van der Waals surface area contributed by atoms with E-state index in [1.54, 1.807) is 12.1 Å². The number of carbonyl (C=O) groups is 1. The summed E-state index contributed by atoms with van der Waals surface area (Å²) in [6.07, 6.45) is 0. The van der Waals surface area contributed by atoms with Gasteiger partial charge in [-0.2, -0.15) is 0 Å². The third-order valence-corrected chi connectivity index (χ3v) is 3.84. The standard InChI is InChI=1S/C18H14N4O3/c23-17(16-9-14(22-25-16)12-4-2-1-3-5-12)19-10-11-6-7-13-15(8-11)21-18(24)20-13/h1-9H,10H2,(H,19,23)(H2,20,21,24). The van der Waals surface area contributed by atoms with E-state index < -0.39 is 0 Å². The molecule has 7 heteroatoms. The molecule has 0 bridgehead atoms. The second kappa shape index (κ2) is 6.12. The van der Waals surface area contributed by atoms with Gasteiger partial charge in [0.1, 0.15) is 5.69 Å². The predicted molar refractivity (Wildman–Crippen MR) is 92.0 cm³/mol. The third kappa shape index (κ3) is 3.07. The van der Waals surface area contributed by atoms with Crippen molar-refractivity contribution in [2.24, 2.45) is 0 Å². The van der Waals surface area contributed by atoms with E-state index in [0.717, 1.165) is 16.6 Å². The molecule has 0 saturated carbocycles. The van der Waals surface area contributed by atoms with Crippen molar-refractivity contribution in [1.82, 2.24) is 20.4 Å². The summed E-state index contributed by atoms with van der Waals surface area (Å²) < 4.78 is 5.13. The number of aromatic amines is 2. The number of hydrogen-bond acceptors (Lipinski definition) is 4. The smallest absolute Gasteiger partial charge is 0.323 e. The van der Waals surface area contributed by atoms with Crippen molar-refractivity contribution in [3.63, 3.8) is 0 Å². The van der Waals surface area contributed by atoms with Gasteiger partial charge in [-0.25, -0.2) is 4.79 Å². The van der Waals surface area contributed by atoms with Crippen LogP contribution >= 0.6 is 0 Å². The van der Waals surface area contributed by atoms with E-state index in [1.165, 1.54) is 0 Å². The lowest BCUT2D eigenvalue weighted by Crippen LogP contribution is -2.22. The van der Waals surface area contributed by atoms with E-state index in [-0.39, 0.29) is 17.4 Å². The Hall–Kier alpha value is -3.61. The van der Waals surface area contributed by atoms with Crippen LogP contribution in [0.5, 0.6) is 0 Å². The minimum Gasteiger partial charge on any atom is -0.350 e. The first-order chi connectivity index (χ1) is 12.2. The van der Waals surface area contributed by atoms with Gasteiger partial charge in [0.05, 0.1) is 11.0 Å². The van der Waals surface area contributed by atoms with E-state index >= 15 is 0 Å². The molecule has 0 spiro atoms. The first-order valence-corrected chi connectivity index (χ1v) is 7.70. The highest BCUT2D eigenvalue weighted by Gasteiger charge is 2.13. The van der Waals surface area contributed by atoms with Gasteiger partial charge in [0.15, 0.2) is 0 Å². The maximum absolute atomic E-state index is 12.2. The first kappa shape index (κ1) is 14.9. The van der Waals surface area contributed by atoms with Crippen LogP contribution in [-0.4, -0.2) is 21.0 Å². The number of H-pyrrole nitrogens is 2. The second-order valence-electron chi connectivity index (χ2n) is 5.58. The molecule has 2 heterocycles. The van der Waals surface area contributed by atoms with Gasteiger partial charge in [-0.15, -0.1) is 0 Å². The zero-order chi connectivity index (χ0) is 17.2. The number of aromatic nitrogens is 3. The molecule has 0 fully saturated rings. The number of hydrogen-bond donors (Lipinski definition) is 3. The lowest BCUT2D eigenvalue weighted by atomic mass is 10.1. The fourth-order valence-electron chi connectivity index (χ4n) is 2.59. The average Bonchev–Trinajstić information content (AvgIpc) is 3.26. The average molecular weight is 334 g/mol. The van der Waals surface area contributed by atoms with Crippen LogP contribution in [0, 0.1) is 0 Å². The Kier molecular flexibility index (Phi) is 3.66. The molecule has 0 aliphatic rings. The minimum atomic E-state index is -0.350. The van der Waals surface area contributed by atoms with Crippen LogP contribution < -0.4 is 11.0 Å². The van der Waals surface area contributed by atoms with Crippen molar-refractivity contribution in [1.29, 1.82) is 0 Å². The topological polar surface area (TPSA) is 104 Å². The zero-order valence-corrected chi connectivity index (χ0v) is 13.1. The van der Waals surface area contributed by atoms with Gasteiger partial charge in [-0.3, -0.25) is 4.79 Å². The number of amides is 1. The number of nitrogens with zero attached hydrogens (tertiary/aromatic N) is 1. The third-order valence-electron chi connectivity index (χ3n) is 3.84. The number of rotatable bonds is 4. The van der Waals surface area contributed by atoms with Crippen molar-refractivity contribution in [3.8, 4) is 11.3 Å². The van der Waals surface area contributed by atoms with Crippen LogP contribution in [0.15, 0.2) is 63.9 Å². The summed E-state index contributed by atoms with van der Waals surface area (Å²) in [6, 6.07) is 16.5. The summed E-state index contributed by atoms with van der Waals surface area (Å²) in [5, 5.41) is 6.70. The van der Waals surface area contributed by atoms with Gasteiger partial charge in [0, 0.05) is 18.2 Å². The fourth-order valence-corrected chi connectivity index (χ4v) is 2.59. The highest BCUT2D eigenvalue weighted by atomic mass is 16.5. The van der Waals surface area contributed by atoms with Gasteiger partial charge in [0.25, 0.3) is 5.91 Å². The molecule has 2 aromatic carbocycles. The first-order valence-electron chi connectivity index (χ1n) is 7.70. The summed E-state index contributed by atoms with van der Waals surface area (Å²) in [6.45, 7) is 0.309. The lowest BCUT2D eigenvalue weighted by molar-refractivity contribution is 0.0914. The Bertz CT molecular complexity index is 1090. The Morgan fingerprint density at radius 3 is 2.68 bits per heavy atom. The van der Waals surface area contributed by atoms with Crippen molar-refractivity contribution in [3.05, 3.63) is 76.4 Å². The van der Waals surface area contributed by atoms with E-state index in [1.807, 2.05) is 42.5 Å². The second-order valence-corrected chi connectivity index (χ2v) is 5.58. The number of benzene rings is 2. The molecule has 4 rings (SSSR count). The fraction of sp³-hybridized carbons (Fsp3) is 0.0556. The van der Waals surface area contributed by atoms with Crippen molar-refractivity contribution >= 4 is 16.9 Å². The predicted octanol–water partition coefficient (Wildman–Crippen LogP) is 2.44. The quantitative estimate of drug-likeness (QED) is 0.533. The molecular formula is C18H14N4O3. The van der Waals surface area contributed by atoms with Gasteiger partial charge in [-0.1, -0.05) is 41.6 Å². The Morgan fingerprint density at radius 2 is 1.84 bits per heavy atom. The molecule has 0 atom stereocenters. The Morgan fingerprint density at radius 1 is 1.04 bits per heavy atom. The number of imidazole rings is 1. The van der Waals surface area contributed by atoms with Crippen molar-refractivity contribution in [2.45, 2.75) is 6.54 Å². The van der Waals surface area contributed by atoms with Crippen molar-refractivity contribution < 1.29 is 9.32 Å². The van der Waals surface area contributed by atoms with Gasteiger partial charge >= 0.3 is 5.69 Å². The monoisotopic (exact) mass is 334 g/mol. The number of nitrogens with one attached hydrogen (secondary N) is 3. The molecule has 7 nitrogen and oxygen atoms in total. The number of fused-ring (bicyclic) bond motifs is 1. The molecule has 0 saturated heterocycles. The number of carbonyl (C=O) groups excluding carboxylic acids is 1. The lowest BCUT2D eigenvalue weighted by Gasteiger charge is -2.03. The van der Waals surface area contributed by atoms with E-state index in [2.05, 4.69) is 20.4 Å². The van der Waals surface area contributed by atoms with Crippen LogP contribution in [-0.2, 0) is 6.54 Å². The molecule has 3 N–H and O–H groups in total. The molecule has 25 heavy (non-hydrogen) atoms. The normalized spacial score (nSPS) is 10.9. The summed E-state index contributed by atoms with van der Waals surface area (Å²) >= 11 is 0. The van der Waals surface area contributed by atoms with Gasteiger partial charge in [0.2, 0.25) is 5.76 Å². The molecule has 0 aliphatic carbocycles. The molecular weight excluding hydrogens is 320 g/mol. The summed E-state index contributed by atoms with van der Waals surface area (Å²) in [5.74, 6) is -0.202. The van der Waals surface area contributed by atoms with Gasteiger partial charge < -0.3 is 19.8 Å². The van der Waals surface area contributed by atoms with E-state index in [4.69, 9.17) is 4.52 Å². The maximum atomic E-state index is 12.2. The molecule has 0 unspecified atom stereocenters. The summed E-state index contributed by atoms with van der Waals surface area (Å²) in [4.78, 5) is 28.9. The van der Waals surface area contributed by atoms with Crippen molar-refractivity contribution in [2.75, 3.05) is 0 Å². The highest BCUT2D eigenvalue weighted by Crippen LogP contribution is 2.18. The van der Waals surface area contributed by atoms with E-state index in [9.17, 15) is 9.59 Å². The van der Waals surface area contributed by atoms with Crippen LogP contribution in [0.25, 0.3) is 22.3 Å². The minimum absolute atomic E-state index is 0.148. The van der Waals surface area contributed by atoms with E-state index in [0.29, 0.717) is 17.8 Å². The maximum Gasteiger partial charge on any atom is 0.323 e. The summed E-state index contributed by atoms with van der Waals surface area (Å²) in [5.41, 5.74) is 3.51. The van der Waals surface area contributed by atoms with Gasteiger partial charge in [-0.05, 0) is 17.7 Å². The molecule has 2 aromatic heterocycles. The molecule has 0 radical (unpaired) electrons. The largest absolute Gasteiger partial charge is 0.350 e. The van der Waals surface area contributed by atoms with Crippen LogP contribution in [0.2, 0.25) is 0 Å². The molecule has 124 valence electrons. The SMILES string of the molecule is O=C(NCc1ccc2[nH]c(=O)[nH]c2c1)c1cc(-c2ccccc2)no1. The summed E-state index contributed by atoms with van der Waals surface area (Å²) in [7, 11) is 0. The molecule has 1 amide bonds. The zero-order valence-electron chi connectivity index (χ0n) is 13.1. The van der Waals surface area contributed by atoms with Crippen LogP contribution in [0.4, 0.5) is 0 Å².